The Bertz CT molecular complexity index is 113. The summed E-state index contributed by atoms with van der Waals surface area (Å²) in [7, 11) is 1.46. The molecule has 4 heteroatoms. The van der Waals surface area contributed by atoms with Crippen LogP contribution < -0.4 is 0 Å². The molecule has 0 N–H and O–H groups in total. The molecular formula is C7H14O4. The summed E-state index contributed by atoms with van der Waals surface area (Å²) in [4.78, 5) is 10.4. The molecule has 0 saturated heterocycles. The minimum atomic E-state index is -0.719. The molecule has 0 aliphatic heterocycles. The van der Waals surface area contributed by atoms with Crippen LogP contribution in [-0.2, 0) is 19.0 Å². The zero-order valence-corrected chi connectivity index (χ0v) is 7.12. The Morgan fingerprint density at radius 3 is 2.45 bits per heavy atom. The first-order valence-electron chi connectivity index (χ1n) is 3.46. The predicted molar refractivity (Wildman–Crippen MR) is 39.1 cm³/mol. The van der Waals surface area contributed by atoms with Gasteiger partial charge in [0.25, 0.3) is 6.48 Å². The molecule has 0 radical (unpaired) electrons. The van der Waals surface area contributed by atoms with Crippen LogP contribution in [0.1, 0.15) is 13.8 Å². The van der Waals surface area contributed by atoms with E-state index in [1.165, 1.54) is 14.0 Å². The third-order valence-electron chi connectivity index (χ3n) is 0.918. The van der Waals surface area contributed by atoms with E-state index in [1.54, 1.807) is 0 Å². The lowest BCUT2D eigenvalue weighted by molar-refractivity contribution is -0.272. The van der Waals surface area contributed by atoms with Crippen molar-refractivity contribution in [1.82, 2.24) is 0 Å². The van der Waals surface area contributed by atoms with Crippen molar-refractivity contribution in [2.24, 2.45) is 0 Å². The molecule has 0 bridgehead atoms. The third kappa shape index (κ3) is 5.97. The van der Waals surface area contributed by atoms with Gasteiger partial charge in [0.15, 0.2) is 5.78 Å². The Labute approximate surface area is 66.4 Å². The molecule has 0 aromatic carbocycles. The van der Waals surface area contributed by atoms with Crippen LogP contribution in [0.3, 0.4) is 0 Å². The Morgan fingerprint density at radius 1 is 1.45 bits per heavy atom. The quantitative estimate of drug-likeness (QED) is 0.535. The molecule has 0 fully saturated rings. The number of Topliss-reactive ketones (excluding diaryl/α,β-unsaturated/α-hetero) is 1. The molecule has 66 valence electrons. The van der Waals surface area contributed by atoms with Crippen LogP contribution in [0.15, 0.2) is 0 Å². The predicted octanol–water partition coefficient (Wildman–Crippen LogP) is 0.558. The third-order valence-corrected chi connectivity index (χ3v) is 0.918. The molecule has 0 spiro atoms. The first-order valence-corrected chi connectivity index (χ1v) is 3.46. The standard InChI is InChI=1S/C7H14O4/c1-4-10-7(9-3)11-5-6(2)8/h7H,4-5H2,1-3H3. The summed E-state index contributed by atoms with van der Waals surface area (Å²) in [5, 5.41) is 0. The molecule has 0 aliphatic carbocycles. The fourth-order valence-corrected chi connectivity index (χ4v) is 0.506. The van der Waals surface area contributed by atoms with E-state index in [0.717, 1.165) is 0 Å². The second kappa shape index (κ2) is 6.27. The van der Waals surface area contributed by atoms with Gasteiger partial charge in [-0.25, -0.2) is 0 Å². The van der Waals surface area contributed by atoms with Gasteiger partial charge in [-0.2, -0.15) is 0 Å². The molecule has 11 heavy (non-hydrogen) atoms. The van der Waals surface area contributed by atoms with Gasteiger partial charge < -0.3 is 14.2 Å². The van der Waals surface area contributed by atoms with Gasteiger partial charge in [0.05, 0.1) is 0 Å². The van der Waals surface area contributed by atoms with Crippen molar-refractivity contribution in [2.45, 2.75) is 20.3 Å². The van der Waals surface area contributed by atoms with E-state index < -0.39 is 6.48 Å². The fourth-order valence-electron chi connectivity index (χ4n) is 0.506. The number of hydrogen-bond donors (Lipinski definition) is 0. The normalized spacial score (nSPS) is 13.0. The van der Waals surface area contributed by atoms with Crippen molar-refractivity contribution in [3.8, 4) is 0 Å². The van der Waals surface area contributed by atoms with Gasteiger partial charge in [-0.1, -0.05) is 0 Å². The number of carbonyl (C=O) groups is 1. The summed E-state index contributed by atoms with van der Waals surface area (Å²) in [5.74, 6) is -0.0493. The van der Waals surface area contributed by atoms with Crippen molar-refractivity contribution >= 4 is 5.78 Å². The van der Waals surface area contributed by atoms with Gasteiger partial charge in [-0.3, -0.25) is 4.79 Å². The lowest BCUT2D eigenvalue weighted by atomic mass is 10.5. The van der Waals surface area contributed by atoms with Gasteiger partial charge in [-0.05, 0) is 13.8 Å². The van der Waals surface area contributed by atoms with Crippen molar-refractivity contribution in [3.05, 3.63) is 0 Å². The lowest BCUT2D eigenvalue weighted by Crippen LogP contribution is -2.22. The number of rotatable bonds is 6. The highest BCUT2D eigenvalue weighted by atomic mass is 16.8. The Kier molecular flexibility index (Phi) is 6.02. The Hall–Kier alpha value is -0.450. The first-order chi connectivity index (χ1) is 5.20. The maximum atomic E-state index is 10.4. The molecule has 0 amide bonds. The van der Waals surface area contributed by atoms with Crippen molar-refractivity contribution in [1.29, 1.82) is 0 Å². The number of ether oxygens (including phenoxy) is 3. The molecule has 0 saturated carbocycles. The topological polar surface area (TPSA) is 44.8 Å². The average Bonchev–Trinajstić information content (AvgIpc) is 1.97. The van der Waals surface area contributed by atoms with Crippen molar-refractivity contribution in [2.75, 3.05) is 20.3 Å². The molecule has 0 aromatic rings. The van der Waals surface area contributed by atoms with Crippen LogP contribution in [0.25, 0.3) is 0 Å². The van der Waals surface area contributed by atoms with E-state index in [1.807, 2.05) is 6.92 Å². The minimum Gasteiger partial charge on any atom is -0.333 e. The zero-order valence-electron chi connectivity index (χ0n) is 7.12. The number of methoxy groups -OCH3 is 1. The van der Waals surface area contributed by atoms with Crippen molar-refractivity contribution in [3.63, 3.8) is 0 Å². The SMILES string of the molecule is CCOC(OC)OCC(C)=O. The number of ketones is 1. The highest BCUT2D eigenvalue weighted by molar-refractivity contribution is 5.76. The zero-order chi connectivity index (χ0) is 8.69. The first kappa shape index (κ1) is 10.6. The molecule has 4 nitrogen and oxygen atoms in total. The van der Waals surface area contributed by atoms with Gasteiger partial charge in [-0.15, -0.1) is 0 Å². The van der Waals surface area contributed by atoms with E-state index in [0.29, 0.717) is 6.61 Å². The average molecular weight is 162 g/mol. The second-order valence-electron chi connectivity index (χ2n) is 1.99. The molecular weight excluding hydrogens is 148 g/mol. The van der Waals surface area contributed by atoms with Crippen LogP contribution in [0, 0.1) is 0 Å². The largest absolute Gasteiger partial charge is 0.333 e. The fraction of sp³-hybridized carbons (Fsp3) is 0.857. The highest BCUT2D eigenvalue weighted by Gasteiger charge is 2.06. The van der Waals surface area contributed by atoms with E-state index >= 15 is 0 Å². The summed E-state index contributed by atoms with van der Waals surface area (Å²) in [6, 6.07) is 0. The second-order valence-corrected chi connectivity index (χ2v) is 1.99. The summed E-state index contributed by atoms with van der Waals surface area (Å²) < 4.78 is 14.6. The Balaban J connectivity index is 3.43. The van der Waals surface area contributed by atoms with E-state index in [4.69, 9.17) is 14.2 Å². The van der Waals surface area contributed by atoms with Gasteiger partial charge in [0, 0.05) is 13.7 Å². The summed E-state index contributed by atoms with van der Waals surface area (Å²) in [5.41, 5.74) is 0. The molecule has 0 heterocycles. The van der Waals surface area contributed by atoms with Crippen LogP contribution in [0.4, 0.5) is 0 Å². The number of carbonyl (C=O) groups excluding carboxylic acids is 1. The van der Waals surface area contributed by atoms with E-state index in [2.05, 4.69) is 0 Å². The summed E-state index contributed by atoms with van der Waals surface area (Å²) >= 11 is 0. The van der Waals surface area contributed by atoms with Gasteiger partial charge in [0.1, 0.15) is 6.61 Å². The molecule has 0 aromatic heterocycles. The van der Waals surface area contributed by atoms with Gasteiger partial charge >= 0.3 is 0 Å². The highest BCUT2D eigenvalue weighted by Crippen LogP contribution is 1.94. The summed E-state index contributed by atoms with van der Waals surface area (Å²) in [6.07, 6.45) is 0. The van der Waals surface area contributed by atoms with Crippen LogP contribution in [0.2, 0.25) is 0 Å². The monoisotopic (exact) mass is 162 g/mol. The molecule has 1 atom stereocenters. The molecule has 1 unspecified atom stereocenters. The smallest absolute Gasteiger partial charge is 0.271 e. The Morgan fingerprint density at radius 2 is 2.09 bits per heavy atom. The maximum Gasteiger partial charge on any atom is 0.271 e. The van der Waals surface area contributed by atoms with Crippen LogP contribution in [0.5, 0.6) is 0 Å². The van der Waals surface area contributed by atoms with Gasteiger partial charge in [0.2, 0.25) is 0 Å². The summed E-state index contributed by atoms with van der Waals surface area (Å²) in [6.45, 7) is 3.07. The maximum absolute atomic E-state index is 10.4. The lowest BCUT2D eigenvalue weighted by Gasteiger charge is -2.13. The molecule has 0 rings (SSSR count). The van der Waals surface area contributed by atoms with Crippen molar-refractivity contribution < 1.29 is 19.0 Å². The van der Waals surface area contributed by atoms with Crippen LogP contribution in [-0.4, -0.2) is 32.6 Å². The minimum absolute atomic E-state index is 0.0263. The van der Waals surface area contributed by atoms with E-state index in [9.17, 15) is 4.79 Å². The van der Waals surface area contributed by atoms with E-state index in [-0.39, 0.29) is 12.4 Å². The number of hydrogen-bond acceptors (Lipinski definition) is 4. The van der Waals surface area contributed by atoms with Crippen LogP contribution >= 0.6 is 0 Å². The molecule has 0 aliphatic rings.